The fourth-order valence-corrected chi connectivity index (χ4v) is 11.3. The molecular weight excluding hydrogens is 448 g/mol. The third kappa shape index (κ3) is 3.26. The van der Waals surface area contributed by atoms with Gasteiger partial charge in [-0.1, -0.05) is 27.7 Å². The van der Waals surface area contributed by atoms with Gasteiger partial charge in [0.15, 0.2) is 5.79 Å². The predicted molar refractivity (Wildman–Crippen MR) is 132 cm³/mol. The predicted octanol–water partition coefficient (Wildman–Crippen LogP) is 6.58. The van der Waals surface area contributed by atoms with Crippen LogP contribution in [0.15, 0.2) is 0 Å². The first-order valence-electron chi connectivity index (χ1n) is 14.2. The van der Waals surface area contributed by atoms with E-state index in [9.17, 15) is 4.79 Å². The van der Waals surface area contributed by atoms with E-state index >= 15 is 0 Å². The Labute approximate surface area is 211 Å². The molecule has 6 aliphatic rings. The Hall–Kier alpha value is -0.320. The Morgan fingerprint density at radius 1 is 0.971 bits per heavy atom. The number of carbonyl (C=O) groups is 1. The van der Waals surface area contributed by atoms with Crippen molar-refractivity contribution in [1.82, 2.24) is 0 Å². The van der Waals surface area contributed by atoms with E-state index in [-0.39, 0.29) is 17.5 Å². The summed E-state index contributed by atoms with van der Waals surface area (Å²) in [4.78, 5) is 11.6. The standard InChI is InChI=1S/C29H45ClO4/c1-16-12-25(30)29(32-15-16)17(2)26-24(34-29)14-23-21-7-6-19-13-20(33-18(3)31)8-10-27(19,4)22(21)9-11-28(23,26)5/h16-17,19-26H,6-15H2,1-5H3/t16-,17+,19+,20+,21-,22+,23+,24+,25-,26+,27+,28+,29+/m1/s1. The molecule has 0 amide bonds. The van der Waals surface area contributed by atoms with Crippen LogP contribution in [-0.2, 0) is 19.0 Å². The lowest BCUT2D eigenvalue weighted by Gasteiger charge is -2.61. The van der Waals surface area contributed by atoms with Gasteiger partial charge in [0.1, 0.15) is 6.10 Å². The van der Waals surface area contributed by atoms with Crippen molar-refractivity contribution in [3.63, 3.8) is 0 Å². The highest BCUT2D eigenvalue weighted by atomic mass is 35.5. The first-order valence-corrected chi connectivity index (χ1v) is 14.6. The summed E-state index contributed by atoms with van der Waals surface area (Å²) in [5.41, 5.74) is 0.728. The summed E-state index contributed by atoms with van der Waals surface area (Å²) in [5.74, 6) is 3.79. The molecule has 13 atom stereocenters. The van der Waals surface area contributed by atoms with Gasteiger partial charge in [0.25, 0.3) is 0 Å². The van der Waals surface area contributed by atoms with Crippen molar-refractivity contribution in [3.8, 4) is 0 Å². The molecule has 0 aromatic heterocycles. The Morgan fingerprint density at radius 3 is 2.47 bits per heavy atom. The second-order valence-corrected chi connectivity index (χ2v) is 14.3. The Balaban J connectivity index is 1.22. The maximum atomic E-state index is 11.6. The molecule has 6 rings (SSSR count). The Bertz CT molecular complexity index is 833. The average molecular weight is 493 g/mol. The molecule has 4 saturated carbocycles. The summed E-state index contributed by atoms with van der Waals surface area (Å²) in [6.07, 6.45) is 11.2. The van der Waals surface area contributed by atoms with E-state index in [0.717, 1.165) is 43.6 Å². The van der Waals surface area contributed by atoms with Crippen molar-refractivity contribution in [2.45, 2.75) is 116 Å². The molecule has 192 valence electrons. The van der Waals surface area contributed by atoms with Gasteiger partial charge in [-0.05, 0) is 104 Å². The summed E-state index contributed by atoms with van der Waals surface area (Å²) in [6, 6.07) is 0. The number of halogens is 1. The molecule has 1 spiro atoms. The maximum absolute atomic E-state index is 11.6. The lowest BCUT2D eigenvalue weighted by Crippen LogP contribution is -2.56. The first-order chi connectivity index (χ1) is 16.1. The summed E-state index contributed by atoms with van der Waals surface area (Å²) in [5, 5.41) is -0.0444. The zero-order valence-electron chi connectivity index (χ0n) is 21.9. The second-order valence-electron chi connectivity index (χ2n) is 13.8. The molecule has 5 heteroatoms. The molecule has 4 aliphatic carbocycles. The summed E-state index contributed by atoms with van der Waals surface area (Å²) in [6.45, 7) is 12.1. The average Bonchev–Trinajstić information content (AvgIpc) is 3.22. The van der Waals surface area contributed by atoms with Gasteiger partial charge in [-0.2, -0.15) is 0 Å². The molecule has 6 fully saturated rings. The van der Waals surface area contributed by atoms with Gasteiger partial charge >= 0.3 is 5.97 Å². The van der Waals surface area contributed by atoms with Gasteiger partial charge in [0.2, 0.25) is 0 Å². The van der Waals surface area contributed by atoms with Crippen LogP contribution < -0.4 is 0 Å². The molecule has 2 aliphatic heterocycles. The van der Waals surface area contributed by atoms with Crippen molar-refractivity contribution in [1.29, 1.82) is 0 Å². The summed E-state index contributed by atoms with van der Waals surface area (Å²) >= 11 is 6.97. The van der Waals surface area contributed by atoms with E-state index in [2.05, 4.69) is 27.7 Å². The SMILES string of the molecule is CC(=O)O[C@H]1CC[C@@]2(C)[C@@H](CC[C@@H]3[C@@H]2CC[C@]2(C)[C@@H]4[C@H](C[C@@H]32)O[C@@]2(OC[C@H](C)C[C@H]2Cl)[C@H]4C)C1. The minimum absolute atomic E-state index is 0.0444. The fourth-order valence-electron chi connectivity index (χ4n) is 10.7. The molecule has 4 nitrogen and oxygen atoms in total. The minimum atomic E-state index is -0.576. The van der Waals surface area contributed by atoms with E-state index in [4.69, 9.17) is 25.8 Å². The van der Waals surface area contributed by atoms with Crippen molar-refractivity contribution < 1.29 is 19.0 Å². The van der Waals surface area contributed by atoms with Crippen molar-refractivity contribution in [2.75, 3.05) is 6.61 Å². The molecule has 34 heavy (non-hydrogen) atoms. The van der Waals surface area contributed by atoms with Crippen LogP contribution >= 0.6 is 11.6 Å². The van der Waals surface area contributed by atoms with Crippen LogP contribution in [0.25, 0.3) is 0 Å². The van der Waals surface area contributed by atoms with Gasteiger partial charge in [0.05, 0.1) is 18.1 Å². The van der Waals surface area contributed by atoms with Gasteiger partial charge in [-0.3, -0.25) is 4.79 Å². The van der Waals surface area contributed by atoms with Crippen molar-refractivity contribution >= 4 is 17.6 Å². The van der Waals surface area contributed by atoms with Crippen LogP contribution in [0.3, 0.4) is 0 Å². The third-order valence-electron chi connectivity index (χ3n) is 12.2. The molecule has 0 aromatic carbocycles. The largest absolute Gasteiger partial charge is 0.463 e. The quantitative estimate of drug-likeness (QED) is 0.306. The maximum Gasteiger partial charge on any atom is 0.302 e. The Kier molecular flexibility index (Phi) is 5.72. The van der Waals surface area contributed by atoms with E-state index in [1.165, 1.54) is 38.5 Å². The topological polar surface area (TPSA) is 44.8 Å². The van der Waals surface area contributed by atoms with Crippen LogP contribution in [0.2, 0.25) is 0 Å². The smallest absolute Gasteiger partial charge is 0.302 e. The molecule has 0 bridgehead atoms. The summed E-state index contributed by atoms with van der Waals surface area (Å²) in [7, 11) is 0. The lowest BCUT2D eigenvalue weighted by molar-refractivity contribution is -0.270. The number of esters is 1. The van der Waals surface area contributed by atoms with Crippen LogP contribution in [0, 0.1) is 52.3 Å². The first kappa shape index (κ1) is 24.0. The second kappa shape index (κ2) is 8.09. The van der Waals surface area contributed by atoms with Gasteiger partial charge in [-0.25, -0.2) is 0 Å². The van der Waals surface area contributed by atoms with Gasteiger partial charge < -0.3 is 14.2 Å². The number of hydrogen-bond acceptors (Lipinski definition) is 4. The van der Waals surface area contributed by atoms with Crippen molar-refractivity contribution in [2.24, 2.45) is 52.3 Å². The summed E-state index contributed by atoms with van der Waals surface area (Å²) < 4.78 is 19.0. The van der Waals surface area contributed by atoms with Crippen LogP contribution in [0.5, 0.6) is 0 Å². The molecule has 0 radical (unpaired) electrons. The number of rotatable bonds is 1. The van der Waals surface area contributed by atoms with E-state index in [1.807, 2.05) is 0 Å². The van der Waals surface area contributed by atoms with Crippen LogP contribution in [-0.4, -0.2) is 35.9 Å². The highest BCUT2D eigenvalue weighted by Crippen LogP contribution is 2.71. The monoisotopic (exact) mass is 492 g/mol. The third-order valence-corrected chi connectivity index (χ3v) is 12.7. The zero-order chi connectivity index (χ0) is 24.0. The number of fused-ring (bicyclic) bond motifs is 7. The minimum Gasteiger partial charge on any atom is -0.463 e. The number of hydrogen-bond donors (Lipinski definition) is 0. The highest BCUT2D eigenvalue weighted by Gasteiger charge is 2.70. The van der Waals surface area contributed by atoms with E-state index in [0.29, 0.717) is 40.6 Å². The molecule has 0 N–H and O–H groups in total. The Morgan fingerprint density at radius 2 is 1.74 bits per heavy atom. The van der Waals surface area contributed by atoms with Gasteiger partial charge in [-0.15, -0.1) is 11.6 Å². The lowest BCUT2D eigenvalue weighted by atomic mass is 9.44. The van der Waals surface area contributed by atoms with Crippen LogP contribution in [0.1, 0.15) is 92.4 Å². The molecule has 0 unspecified atom stereocenters. The molecule has 2 heterocycles. The molecule has 0 aromatic rings. The fraction of sp³-hybridized carbons (Fsp3) is 0.966. The van der Waals surface area contributed by atoms with Crippen LogP contribution in [0.4, 0.5) is 0 Å². The number of alkyl halides is 1. The van der Waals surface area contributed by atoms with E-state index < -0.39 is 5.79 Å². The molecular formula is C29H45ClO4. The van der Waals surface area contributed by atoms with E-state index in [1.54, 1.807) is 6.92 Å². The van der Waals surface area contributed by atoms with Crippen molar-refractivity contribution in [3.05, 3.63) is 0 Å². The molecule has 2 saturated heterocycles. The number of ether oxygens (including phenoxy) is 3. The zero-order valence-corrected chi connectivity index (χ0v) is 22.6. The van der Waals surface area contributed by atoms with Gasteiger partial charge in [0, 0.05) is 12.8 Å². The normalized spacial score (nSPS) is 58.5. The number of carbonyl (C=O) groups excluding carboxylic acids is 1. The highest BCUT2D eigenvalue weighted by molar-refractivity contribution is 6.21.